The van der Waals surface area contributed by atoms with Crippen LogP contribution in [-0.4, -0.2) is 99.0 Å². The zero-order chi connectivity index (χ0) is 22.0. The Hall–Kier alpha value is -1.43. The highest BCUT2D eigenvalue weighted by Gasteiger charge is 2.25. The number of halogens is 1. The van der Waals surface area contributed by atoms with Crippen LogP contribution in [0.5, 0.6) is 0 Å². The lowest BCUT2D eigenvalue weighted by atomic mass is 10.1. The van der Waals surface area contributed by atoms with Gasteiger partial charge in [0.2, 0.25) is 0 Å². The van der Waals surface area contributed by atoms with Gasteiger partial charge in [0, 0.05) is 52.4 Å². The molecule has 1 amide bonds. The second kappa shape index (κ2) is 13.9. The Labute approximate surface area is 203 Å². The number of guanidine groups is 1. The molecule has 1 aromatic carbocycles. The number of ether oxygens (including phenoxy) is 1. The first-order valence-electron chi connectivity index (χ1n) is 10.7. The number of aliphatic imine (C=N–C) groups is 1. The summed E-state index contributed by atoms with van der Waals surface area (Å²) >= 11 is 0. The van der Waals surface area contributed by atoms with Crippen molar-refractivity contribution in [1.82, 2.24) is 20.4 Å². The summed E-state index contributed by atoms with van der Waals surface area (Å²) in [5.74, 6) is 0.683. The second-order valence-electron chi connectivity index (χ2n) is 8.16. The van der Waals surface area contributed by atoms with E-state index in [0.717, 1.165) is 31.6 Å². The van der Waals surface area contributed by atoms with E-state index in [0.29, 0.717) is 44.4 Å². The Morgan fingerprint density at radius 3 is 2.65 bits per heavy atom. The standard InChI is InChI=1S/C22H37N5O3.HI/c1-5-23-21(25-16-22(2,29)17-27-11-13-30-14-12-27)24-10-9-18-7-6-8-19(15-18)20(28)26(3)4;/h6-8,15,29H,5,9-14,16-17H2,1-4H3,(H2,23,24,25);1H. The van der Waals surface area contributed by atoms with Crippen LogP contribution in [0.3, 0.4) is 0 Å². The number of benzene rings is 1. The molecule has 0 radical (unpaired) electrons. The molecule has 1 atom stereocenters. The molecule has 1 aliphatic heterocycles. The fourth-order valence-corrected chi connectivity index (χ4v) is 3.33. The number of carbonyl (C=O) groups is 1. The van der Waals surface area contributed by atoms with Gasteiger partial charge in [-0.3, -0.25) is 14.7 Å². The molecule has 0 saturated carbocycles. The van der Waals surface area contributed by atoms with Crippen molar-refractivity contribution in [3.05, 3.63) is 35.4 Å². The monoisotopic (exact) mass is 547 g/mol. The number of aliphatic hydroxyl groups is 1. The second-order valence-corrected chi connectivity index (χ2v) is 8.16. The lowest BCUT2D eigenvalue weighted by Gasteiger charge is -2.33. The first-order valence-corrected chi connectivity index (χ1v) is 10.7. The van der Waals surface area contributed by atoms with Crippen molar-refractivity contribution in [3.8, 4) is 0 Å². The molecule has 1 unspecified atom stereocenters. The van der Waals surface area contributed by atoms with Crippen LogP contribution in [0.1, 0.15) is 29.8 Å². The van der Waals surface area contributed by atoms with E-state index in [4.69, 9.17) is 4.74 Å². The quantitative estimate of drug-likeness (QED) is 0.245. The fraction of sp³-hybridized carbons (Fsp3) is 0.636. The summed E-state index contributed by atoms with van der Waals surface area (Å²) in [6.07, 6.45) is 0.767. The SMILES string of the molecule is CCNC(=NCC(C)(O)CN1CCOCC1)NCCc1cccc(C(=O)N(C)C)c1.I. The smallest absolute Gasteiger partial charge is 0.253 e. The minimum Gasteiger partial charge on any atom is -0.387 e. The first-order chi connectivity index (χ1) is 14.3. The number of nitrogens with zero attached hydrogens (tertiary/aromatic N) is 3. The molecular formula is C22H38IN5O3. The molecule has 0 aliphatic carbocycles. The van der Waals surface area contributed by atoms with Gasteiger partial charge in [0.25, 0.3) is 5.91 Å². The molecule has 31 heavy (non-hydrogen) atoms. The van der Waals surface area contributed by atoms with Crippen molar-refractivity contribution < 1.29 is 14.6 Å². The summed E-state index contributed by atoms with van der Waals surface area (Å²) in [7, 11) is 3.51. The number of morpholine rings is 1. The number of amides is 1. The van der Waals surface area contributed by atoms with Gasteiger partial charge in [0.15, 0.2) is 5.96 Å². The summed E-state index contributed by atoms with van der Waals surface area (Å²) in [6, 6.07) is 7.70. The van der Waals surface area contributed by atoms with E-state index in [2.05, 4.69) is 20.5 Å². The Kier molecular flexibility index (Phi) is 12.3. The maximum Gasteiger partial charge on any atom is 0.253 e. The van der Waals surface area contributed by atoms with E-state index in [-0.39, 0.29) is 29.9 Å². The minimum absolute atomic E-state index is 0. The molecule has 1 saturated heterocycles. The van der Waals surface area contributed by atoms with Gasteiger partial charge < -0.3 is 25.4 Å². The Morgan fingerprint density at radius 2 is 2.00 bits per heavy atom. The number of nitrogens with one attached hydrogen (secondary N) is 2. The molecule has 0 aromatic heterocycles. The lowest BCUT2D eigenvalue weighted by molar-refractivity contribution is -0.0180. The highest BCUT2D eigenvalue weighted by Crippen LogP contribution is 2.10. The lowest BCUT2D eigenvalue weighted by Crippen LogP contribution is -2.48. The fourth-order valence-electron chi connectivity index (χ4n) is 3.33. The molecule has 176 valence electrons. The van der Waals surface area contributed by atoms with Crippen molar-refractivity contribution in [2.75, 3.05) is 66.6 Å². The third-order valence-electron chi connectivity index (χ3n) is 4.88. The molecule has 1 aromatic rings. The minimum atomic E-state index is -0.902. The van der Waals surface area contributed by atoms with Gasteiger partial charge in [-0.15, -0.1) is 24.0 Å². The molecule has 1 heterocycles. The van der Waals surface area contributed by atoms with Gasteiger partial charge in [-0.2, -0.15) is 0 Å². The van der Waals surface area contributed by atoms with Gasteiger partial charge in [-0.1, -0.05) is 12.1 Å². The maximum absolute atomic E-state index is 12.1. The van der Waals surface area contributed by atoms with Gasteiger partial charge in [0.1, 0.15) is 0 Å². The van der Waals surface area contributed by atoms with Crippen LogP contribution in [0.4, 0.5) is 0 Å². The number of β-amino-alcohol motifs (C(OH)–C–C–N with tert-alkyl or cyclic N) is 1. The Morgan fingerprint density at radius 1 is 1.29 bits per heavy atom. The third kappa shape index (κ3) is 10.2. The average molecular weight is 547 g/mol. The van der Waals surface area contributed by atoms with E-state index < -0.39 is 5.60 Å². The molecule has 1 aliphatic rings. The predicted molar refractivity (Wildman–Crippen MR) is 135 cm³/mol. The summed E-state index contributed by atoms with van der Waals surface area (Å²) in [4.78, 5) is 20.5. The van der Waals surface area contributed by atoms with Gasteiger partial charge in [-0.05, 0) is 38.0 Å². The van der Waals surface area contributed by atoms with Crippen molar-refractivity contribution in [1.29, 1.82) is 0 Å². The molecule has 8 nitrogen and oxygen atoms in total. The van der Waals surface area contributed by atoms with E-state index >= 15 is 0 Å². The zero-order valence-corrected chi connectivity index (χ0v) is 21.5. The average Bonchev–Trinajstić information content (AvgIpc) is 2.72. The van der Waals surface area contributed by atoms with E-state index in [1.165, 1.54) is 0 Å². The van der Waals surface area contributed by atoms with E-state index in [1.807, 2.05) is 38.1 Å². The maximum atomic E-state index is 12.1. The molecule has 9 heteroatoms. The number of rotatable bonds is 9. The van der Waals surface area contributed by atoms with Gasteiger partial charge in [0.05, 0.1) is 25.4 Å². The molecule has 0 spiro atoms. The van der Waals surface area contributed by atoms with Crippen LogP contribution < -0.4 is 10.6 Å². The topological polar surface area (TPSA) is 89.4 Å². The van der Waals surface area contributed by atoms with Crippen LogP contribution in [0, 0.1) is 0 Å². The predicted octanol–water partition coefficient (Wildman–Crippen LogP) is 1.19. The van der Waals surface area contributed by atoms with Crippen LogP contribution in [0.25, 0.3) is 0 Å². The summed E-state index contributed by atoms with van der Waals surface area (Å²) in [5.41, 5.74) is 0.878. The first kappa shape index (κ1) is 27.6. The largest absolute Gasteiger partial charge is 0.387 e. The van der Waals surface area contributed by atoms with Gasteiger partial charge >= 0.3 is 0 Å². The number of carbonyl (C=O) groups excluding carboxylic acids is 1. The normalized spacial score (nSPS) is 16.7. The molecular weight excluding hydrogens is 509 g/mol. The Balaban J connectivity index is 0.00000480. The summed E-state index contributed by atoms with van der Waals surface area (Å²) < 4.78 is 5.37. The summed E-state index contributed by atoms with van der Waals surface area (Å²) in [5, 5.41) is 17.3. The van der Waals surface area contributed by atoms with Crippen LogP contribution in [0.15, 0.2) is 29.3 Å². The van der Waals surface area contributed by atoms with Crippen molar-refractivity contribution >= 4 is 35.8 Å². The highest BCUT2D eigenvalue weighted by molar-refractivity contribution is 14.0. The van der Waals surface area contributed by atoms with Crippen molar-refractivity contribution in [2.24, 2.45) is 4.99 Å². The van der Waals surface area contributed by atoms with Crippen LogP contribution >= 0.6 is 24.0 Å². The molecule has 2 rings (SSSR count). The molecule has 1 fully saturated rings. The molecule has 0 bridgehead atoms. The third-order valence-corrected chi connectivity index (χ3v) is 4.88. The Bertz CT molecular complexity index is 706. The summed E-state index contributed by atoms with van der Waals surface area (Å²) in [6.45, 7) is 9.25. The zero-order valence-electron chi connectivity index (χ0n) is 19.2. The van der Waals surface area contributed by atoms with E-state index in [1.54, 1.807) is 19.0 Å². The highest BCUT2D eigenvalue weighted by atomic mass is 127. The van der Waals surface area contributed by atoms with Crippen molar-refractivity contribution in [3.63, 3.8) is 0 Å². The van der Waals surface area contributed by atoms with E-state index in [9.17, 15) is 9.90 Å². The van der Waals surface area contributed by atoms with Crippen LogP contribution in [-0.2, 0) is 11.2 Å². The van der Waals surface area contributed by atoms with Gasteiger partial charge in [-0.25, -0.2) is 0 Å². The molecule has 3 N–H and O–H groups in total. The number of hydrogen-bond acceptors (Lipinski definition) is 5. The van der Waals surface area contributed by atoms with Crippen molar-refractivity contribution in [2.45, 2.75) is 25.9 Å². The van der Waals surface area contributed by atoms with Crippen LogP contribution in [0.2, 0.25) is 0 Å². The number of hydrogen-bond donors (Lipinski definition) is 3.